The summed E-state index contributed by atoms with van der Waals surface area (Å²) in [5.74, 6) is -0.479. The van der Waals surface area contributed by atoms with E-state index in [-0.39, 0.29) is 0 Å². The smallest absolute Gasteiger partial charge is 0.315 e. The van der Waals surface area contributed by atoms with Crippen molar-refractivity contribution >= 4 is 17.4 Å². The molecule has 1 aromatic carbocycles. The number of carbonyl (C=O) groups excluding carboxylic acids is 1. The number of azo groups is 1. The standard InChI is InChI=1S/C10H9N3O2/c1-7-9(10(14)15-13-7)12-11-8-5-3-2-4-6-8/h2-6,9H,1H3. The molecule has 1 aliphatic heterocycles. The van der Waals surface area contributed by atoms with Crippen LogP contribution in [0.2, 0.25) is 0 Å². The Morgan fingerprint density at radius 3 is 2.67 bits per heavy atom. The van der Waals surface area contributed by atoms with Crippen LogP contribution >= 0.6 is 0 Å². The first-order valence-electron chi connectivity index (χ1n) is 4.48. The Kier molecular flexibility index (Phi) is 2.53. The van der Waals surface area contributed by atoms with E-state index < -0.39 is 12.0 Å². The molecule has 1 atom stereocenters. The van der Waals surface area contributed by atoms with Gasteiger partial charge in [0.1, 0.15) is 0 Å². The summed E-state index contributed by atoms with van der Waals surface area (Å²) >= 11 is 0. The minimum absolute atomic E-state index is 0.479. The second-order valence-corrected chi connectivity index (χ2v) is 3.10. The monoisotopic (exact) mass is 203 g/mol. The van der Waals surface area contributed by atoms with Gasteiger partial charge < -0.3 is 4.84 Å². The van der Waals surface area contributed by atoms with Crippen molar-refractivity contribution < 1.29 is 9.63 Å². The fourth-order valence-electron chi connectivity index (χ4n) is 1.14. The predicted octanol–water partition coefficient (Wildman–Crippen LogP) is 2.07. The molecule has 15 heavy (non-hydrogen) atoms. The lowest BCUT2D eigenvalue weighted by molar-refractivity contribution is -0.141. The molecule has 5 nitrogen and oxygen atoms in total. The Bertz CT molecular complexity index is 426. The van der Waals surface area contributed by atoms with Gasteiger partial charge in [-0.2, -0.15) is 10.2 Å². The topological polar surface area (TPSA) is 63.4 Å². The lowest BCUT2D eigenvalue weighted by Gasteiger charge is -1.96. The van der Waals surface area contributed by atoms with E-state index in [0.717, 1.165) is 0 Å². The van der Waals surface area contributed by atoms with Crippen LogP contribution in [0.4, 0.5) is 5.69 Å². The van der Waals surface area contributed by atoms with Gasteiger partial charge in [-0.1, -0.05) is 23.4 Å². The van der Waals surface area contributed by atoms with E-state index in [4.69, 9.17) is 0 Å². The van der Waals surface area contributed by atoms with Crippen molar-refractivity contribution in [3.05, 3.63) is 30.3 Å². The number of hydrogen-bond acceptors (Lipinski definition) is 5. The zero-order chi connectivity index (χ0) is 10.7. The fraction of sp³-hybridized carbons (Fsp3) is 0.200. The molecule has 5 heteroatoms. The van der Waals surface area contributed by atoms with Gasteiger partial charge in [0.25, 0.3) is 0 Å². The summed E-state index contributed by atoms with van der Waals surface area (Å²) in [4.78, 5) is 15.6. The summed E-state index contributed by atoms with van der Waals surface area (Å²) in [5, 5.41) is 11.3. The summed E-state index contributed by atoms with van der Waals surface area (Å²) in [5.41, 5.74) is 1.23. The third-order valence-corrected chi connectivity index (χ3v) is 1.94. The van der Waals surface area contributed by atoms with E-state index in [9.17, 15) is 4.79 Å². The van der Waals surface area contributed by atoms with Crippen LogP contribution in [0.1, 0.15) is 6.92 Å². The second-order valence-electron chi connectivity index (χ2n) is 3.10. The van der Waals surface area contributed by atoms with E-state index in [0.29, 0.717) is 11.4 Å². The van der Waals surface area contributed by atoms with Crippen LogP contribution in [0.15, 0.2) is 45.7 Å². The van der Waals surface area contributed by atoms with Crippen LogP contribution < -0.4 is 0 Å². The van der Waals surface area contributed by atoms with E-state index >= 15 is 0 Å². The molecule has 0 aliphatic carbocycles. The number of rotatable bonds is 2. The highest BCUT2D eigenvalue weighted by Gasteiger charge is 2.29. The van der Waals surface area contributed by atoms with Gasteiger partial charge in [-0.3, -0.25) is 0 Å². The van der Waals surface area contributed by atoms with Crippen LogP contribution in [-0.4, -0.2) is 17.7 Å². The van der Waals surface area contributed by atoms with Crippen molar-refractivity contribution in [2.24, 2.45) is 15.4 Å². The number of hydrogen-bond donors (Lipinski definition) is 0. The molecule has 1 aromatic rings. The number of carbonyl (C=O) groups is 1. The van der Waals surface area contributed by atoms with Gasteiger partial charge in [-0.15, -0.1) is 0 Å². The average molecular weight is 203 g/mol. The molecule has 0 radical (unpaired) electrons. The molecule has 1 unspecified atom stereocenters. The van der Waals surface area contributed by atoms with E-state index in [2.05, 4.69) is 20.2 Å². The maximum Gasteiger partial charge on any atom is 0.367 e. The maximum absolute atomic E-state index is 11.1. The highest BCUT2D eigenvalue weighted by atomic mass is 16.7. The lowest BCUT2D eigenvalue weighted by Crippen LogP contribution is -2.19. The van der Waals surface area contributed by atoms with Crippen molar-refractivity contribution in [1.82, 2.24) is 0 Å². The highest BCUT2D eigenvalue weighted by molar-refractivity contribution is 6.07. The predicted molar refractivity (Wildman–Crippen MR) is 53.9 cm³/mol. The first-order valence-corrected chi connectivity index (χ1v) is 4.48. The molecule has 0 aromatic heterocycles. The van der Waals surface area contributed by atoms with Gasteiger partial charge in [0.05, 0.1) is 11.4 Å². The summed E-state index contributed by atoms with van der Waals surface area (Å²) in [6.07, 6.45) is 0. The quantitative estimate of drug-likeness (QED) is 0.545. The van der Waals surface area contributed by atoms with Crippen molar-refractivity contribution in [1.29, 1.82) is 0 Å². The van der Waals surface area contributed by atoms with Gasteiger partial charge in [0.15, 0.2) is 0 Å². The Morgan fingerprint density at radius 1 is 1.33 bits per heavy atom. The molecular weight excluding hydrogens is 194 g/mol. The van der Waals surface area contributed by atoms with E-state index in [1.54, 1.807) is 19.1 Å². The van der Waals surface area contributed by atoms with Crippen molar-refractivity contribution in [3.8, 4) is 0 Å². The Balaban J connectivity index is 2.12. The van der Waals surface area contributed by atoms with Gasteiger partial charge in [0, 0.05) is 0 Å². The number of benzene rings is 1. The van der Waals surface area contributed by atoms with Crippen LogP contribution in [0, 0.1) is 0 Å². The first kappa shape index (κ1) is 9.51. The van der Waals surface area contributed by atoms with Gasteiger partial charge in [0.2, 0.25) is 6.04 Å². The zero-order valence-corrected chi connectivity index (χ0v) is 8.12. The van der Waals surface area contributed by atoms with Gasteiger partial charge in [-0.05, 0) is 19.1 Å². The minimum Gasteiger partial charge on any atom is -0.315 e. The van der Waals surface area contributed by atoms with E-state index in [1.165, 1.54) is 0 Å². The lowest BCUT2D eigenvalue weighted by atomic mass is 10.2. The molecule has 0 bridgehead atoms. The molecule has 2 rings (SSSR count). The molecule has 1 heterocycles. The minimum atomic E-state index is -0.690. The molecule has 0 spiro atoms. The zero-order valence-electron chi connectivity index (χ0n) is 8.12. The number of oxime groups is 1. The summed E-state index contributed by atoms with van der Waals surface area (Å²) in [6, 6.07) is 8.50. The van der Waals surface area contributed by atoms with Crippen molar-refractivity contribution in [2.45, 2.75) is 13.0 Å². The summed E-state index contributed by atoms with van der Waals surface area (Å²) < 4.78 is 0. The molecule has 0 N–H and O–H groups in total. The second kappa shape index (κ2) is 4.00. The first-order chi connectivity index (χ1) is 7.27. The van der Waals surface area contributed by atoms with Gasteiger partial charge >= 0.3 is 5.97 Å². The Morgan fingerprint density at radius 2 is 2.07 bits per heavy atom. The van der Waals surface area contributed by atoms with Crippen LogP contribution in [0.5, 0.6) is 0 Å². The molecular formula is C10H9N3O2. The molecule has 0 fully saturated rings. The molecule has 1 aliphatic rings. The van der Waals surface area contributed by atoms with Crippen LogP contribution in [0.3, 0.4) is 0 Å². The largest absolute Gasteiger partial charge is 0.367 e. The normalized spacial score (nSPS) is 20.5. The number of nitrogens with zero attached hydrogens (tertiary/aromatic N) is 3. The Hall–Kier alpha value is -2.04. The highest BCUT2D eigenvalue weighted by Crippen LogP contribution is 2.14. The van der Waals surface area contributed by atoms with Crippen molar-refractivity contribution in [3.63, 3.8) is 0 Å². The summed E-state index contributed by atoms with van der Waals surface area (Å²) in [6.45, 7) is 1.68. The SMILES string of the molecule is CC1=NOC(=O)C1N=Nc1ccccc1. The van der Waals surface area contributed by atoms with Crippen LogP contribution in [0.25, 0.3) is 0 Å². The third-order valence-electron chi connectivity index (χ3n) is 1.94. The fourth-order valence-corrected chi connectivity index (χ4v) is 1.14. The van der Waals surface area contributed by atoms with E-state index in [1.807, 2.05) is 18.2 Å². The van der Waals surface area contributed by atoms with Gasteiger partial charge in [-0.25, -0.2) is 4.79 Å². The average Bonchev–Trinajstić information content (AvgIpc) is 2.58. The van der Waals surface area contributed by atoms with Crippen molar-refractivity contribution in [2.75, 3.05) is 0 Å². The molecule has 0 amide bonds. The third kappa shape index (κ3) is 2.07. The maximum atomic E-state index is 11.1. The molecule has 0 saturated carbocycles. The van der Waals surface area contributed by atoms with Crippen LogP contribution in [-0.2, 0) is 9.63 Å². The summed E-state index contributed by atoms with van der Waals surface area (Å²) in [7, 11) is 0. The molecule has 0 saturated heterocycles. The molecule has 76 valence electrons. The Labute approximate surface area is 86.5 Å².